The van der Waals surface area contributed by atoms with E-state index < -0.39 is 17.5 Å². The Kier molecular flexibility index (Phi) is 4.19. The Bertz CT molecular complexity index is 831. The fourth-order valence-electron chi connectivity index (χ4n) is 2.61. The van der Waals surface area contributed by atoms with E-state index >= 15 is 0 Å². The maximum atomic E-state index is 12.8. The molecule has 5 nitrogen and oxygen atoms in total. The monoisotopic (exact) mass is 362 g/mol. The third kappa shape index (κ3) is 2.83. The van der Waals surface area contributed by atoms with Gasteiger partial charge in [-0.15, -0.1) is 11.3 Å². The summed E-state index contributed by atoms with van der Waals surface area (Å²) in [6, 6.07) is 9.99. The normalized spacial score (nSPS) is 20.4. The summed E-state index contributed by atoms with van der Waals surface area (Å²) in [7, 11) is 0. The maximum absolute atomic E-state index is 12.8. The van der Waals surface area contributed by atoms with Crippen LogP contribution in [0.15, 0.2) is 36.4 Å². The highest BCUT2D eigenvalue weighted by Crippen LogP contribution is 2.29. The van der Waals surface area contributed by atoms with E-state index in [2.05, 4.69) is 5.32 Å². The Balaban J connectivity index is 1.83. The Labute approximate surface area is 148 Å². The van der Waals surface area contributed by atoms with E-state index in [1.54, 1.807) is 31.2 Å². The van der Waals surface area contributed by atoms with Crippen molar-refractivity contribution in [3.8, 4) is 0 Å². The zero-order valence-electron chi connectivity index (χ0n) is 13.1. The lowest BCUT2D eigenvalue weighted by Crippen LogP contribution is -2.41. The van der Waals surface area contributed by atoms with Crippen molar-refractivity contribution in [1.82, 2.24) is 10.2 Å². The van der Waals surface area contributed by atoms with Crippen molar-refractivity contribution in [2.45, 2.75) is 19.4 Å². The number of imide groups is 1. The number of hydrogen-bond acceptors (Lipinski definition) is 4. The molecular weight excluding hydrogens is 348 g/mol. The van der Waals surface area contributed by atoms with Crippen LogP contribution in [0.4, 0.5) is 4.79 Å². The minimum atomic E-state index is -1.17. The number of nitrogens with one attached hydrogen (secondary N) is 1. The SMILES string of the molecule is Cc1ccc([C@@]2(C)NC(=O)N(CC(=O)c3ccc(Cl)s3)C2=O)cc1. The van der Waals surface area contributed by atoms with Crippen LogP contribution in [0.5, 0.6) is 0 Å². The number of hydrogen-bond donors (Lipinski definition) is 1. The summed E-state index contributed by atoms with van der Waals surface area (Å²) in [5, 5.41) is 2.69. The number of carbonyl (C=O) groups is 3. The number of benzene rings is 1. The van der Waals surface area contributed by atoms with Gasteiger partial charge in [-0.05, 0) is 31.5 Å². The first-order chi connectivity index (χ1) is 11.3. The average Bonchev–Trinajstić information content (AvgIpc) is 3.06. The molecule has 124 valence electrons. The van der Waals surface area contributed by atoms with Crippen molar-refractivity contribution in [1.29, 1.82) is 0 Å². The number of aryl methyl sites for hydroxylation is 1. The molecule has 1 aromatic heterocycles. The molecule has 1 aromatic carbocycles. The third-order valence-corrected chi connectivity index (χ3v) is 5.33. The first-order valence-corrected chi connectivity index (χ1v) is 8.50. The number of halogens is 1. The van der Waals surface area contributed by atoms with Crippen molar-refractivity contribution >= 4 is 40.7 Å². The second-order valence-corrected chi connectivity index (χ2v) is 7.55. The molecule has 0 bridgehead atoms. The van der Waals surface area contributed by atoms with Gasteiger partial charge in [-0.25, -0.2) is 4.79 Å². The zero-order chi connectivity index (χ0) is 17.5. The average molecular weight is 363 g/mol. The van der Waals surface area contributed by atoms with Crippen molar-refractivity contribution in [3.05, 3.63) is 56.7 Å². The second-order valence-electron chi connectivity index (χ2n) is 5.84. The van der Waals surface area contributed by atoms with Crippen LogP contribution in [0, 0.1) is 6.92 Å². The van der Waals surface area contributed by atoms with Gasteiger partial charge in [-0.3, -0.25) is 14.5 Å². The van der Waals surface area contributed by atoms with Gasteiger partial charge in [0.15, 0.2) is 5.78 Å². The summed E-state index contributed by atoms with van der Waals surface area (Å²) in [6.07, 6.45) is 0. The molecule has 24 heavy (non-hydrogen) atoms. The number of ketones is 1. The van der Waals surface area contributed by atoms with E-state index in [4.69, 9.17) is 11.6 Å². The number of urea groups is 1. The van der Waals surface area contributed by atoms with E-state index in [0.29, 0.717) is 14.8 Å². The molecule has 1 N–H and O–H groups in total. The highest BCUT2D eigenvalue weighted by atomic mass is 35.5. The largest absolute Gasteiger partial charge is 0.325 e. The summed E-state index contributed by atoms with van der Waals surface area (Å²) in [6.45, 7) is 3.28. The fourth-order valence-corrected chi connectivity index (χ4v) is 3.58. The summed E-state index contributed by atoms with van der Waals surface area (Å²) in [5.41, 5.74) is 0.569. The van der Waals surface area contributed by atoms with Gasteiger partial charge in [-0.1, -0.05) is 41.4 Å². The molecule has 1 aliphatic rings. The molecule has 3 amide bonds. The van der Waals surface area contributed by atoms with Gasteiger partial charge in [0, 0.05) is 0 Å². The van der Waals surface area contributed by atoms with Gasteiger partial charge in [0.25, 0.3) is 5.91 Å². The molecule has 3 rings (SSSR count). The number of carbonyl (C=O) groups excluding carboxylic acids is 3. The van der Waals surface area contributed by atoms with Crippen LogP contribution < -0.4 is 5.32 Å². The standard InChI is InChI=1S/C17H15ClN2O3S/c1-10-3-5-11(6-4-10)17(2)15(22)20(16(23)19-17)9-12(21)13-7-8-14(18)24-13/h3-8H,9H2,1-2H3,(H,19,23)/t17-/m1/s1. The molecule has 0 aliphatic carbocycles. The van der Waals surface area contributed by atoms with Crippen LogP contribution in [0.1, 0.15) is 27.7 Å². The van der Waals surface area contributed by atoms with E-state index in [0.717, 1.165) is 21.8 Å². The third-order valence-electron chi connectivity index (χ3n) is 4.05. The molecule has 2 aromatic rings. The van der Waals surface area contributed by atoms with E-state index in [-0.39, 0.29) is 12.3 Å². The Hall–Kier alpha value is -2.18. The molecule has 0 unspecified atom stereocenters. The van der Waals surface area contributed by atoms with Crippen LogP contribution in [-0.4, -0.2) is 29.2 Å². The van der Waals surface area contributed by atoms with Crippen molar-refractivity contribution in [2.24, 2.45) is 0 Å². The van der Waals surface area contributed by atoms with E-state index in [1.165, 1.54) is 0 Å². The predicted octanol–water partition coefficient (Wildman–Crippen LogP) is 3.36. The smallest absolute Gasteiger partial charge is 0.319 e. The molecule has 0 radical (unpaired) electrons. The lowest BCUT2D eigenvalue weighted by atomic mass is 9.91. The summed E-state index contributed by atoms with van der Waals surface area (Å²) in [4.78, 5) is 38.6. The summed E-state index contributed by atoms with van der Waals surface area (Å²) in [5.74, 6) is -0.754. The fraction of sp³-hybridized carbons (Fsp3) is 0.235. The quantitative estimate of drug-likeness (QED) is 0.670. The molecule has 1 atom stereocenters. The van der Waals surface area contributed by atoms with E-state index in [9.17, 15) is 14.4 Å². The molecule has 7 heteroatoms. The molecule has 1 aliphatic heterocycles. The van der Waals surface area contributed by atoms with E-state index in [1.807, 2.05) is 19.1 Å². The summed E-state index contributed by atoms with van der Waals surface area (Å²) >= 11 is 6.95. The molecule has 1 saturated heterocycles. The number of rotatable bonds is 4. The zero-order valence-corrected chi connectivity index (χ0v) is 14.7. The van der Waals surface area contributed by atoms with Gasteiger partial charge in [-0.2, -0.15) is 0 Å². The summed E-state index contributed by atoms with van der Waals surface area (Å²) < 4.78 is 0.486. The van der Waals surface area contributed by atoms with Crippen LogP contribution in [0.2, 0.25) is 4.34 Å². The van der Waals surface area contributed by atoms with Gasteiger partial charge in [0.05, 0.1) is 15.8 Å². The maximum Gasteiger partial charge on any atom is 0.325 e. The molecule has 0 spiro atoms. The second kappa shape index (κ2) is 6.03. The molecule has 2 heterocycles. The van der Waals surface area contributed by atoms with Crippen molar-refractivity contribution in [3.63, 3.8) is 0 Å². The Morgan fingerprint density at radius 2 is 1.88 bits per heavy atom. The molecule has 0 saturated carbocycles. The lowest BCUT2D eigenvalue weighted by Gasteiger charge is -2.22. The minimum absolute atomic E-state index is 0.303. The molecular formula is C17H15ClN2O3S. The van der Waals surface area contributed by atoms with Gasteiger partial charge in [0.1, 0.15) is 5.54 Å². The van der Waals surface area contributed by atoms with Gasteiger partial charge < -0.3 is 5.32 Å². The first kappa shape index (κ1) is 16.7. The van der Waals surface area contributed by atoms with Gasteiger partial charge >= 0.3 is 6.03 Å². The topological polar surface area (TPSA) is 66.5 Å². The lowest BCUT2D eigenvalue weighted by molar-refractivity contribution is -0.130. The number of amides is 3. The predicted molar refractivity (Wildman–Crippen MR) is 92.4 cm³/mol. The van der Waals surface area contributed by atoms with Crippen LogP contribution in [0.25, 0.3) is 0 Å². The van der Waals surface area contributed by atoms with Crippen LogP contribution in [0.3, 0.4) is 0 Å². The number of thiophene rings is 1. The van der Waals surface area contributed by atoms with Crippen molar-refractivity contribution < 1.29 is 14.4 Å². The Morgan fingerprint density at radius 3 is 2.46 bits per heavy atom. The van der Waals surface area contributed by atoms with Crippen molar-refractivity contribution in [2.75, 3.05) is 6.54 Å². The number of Topliss-reactive ketones (excluding diaryl/α,β-unsaturated/α-hetero) is 1. The molecule has 1 fully saturated rings. The minimum Gasteiger partial charge on any atom is -0.319 e. The highest BCUT2D eigenvalue weighted by molar-refractivity contribution is 7.18. The van der Waals surface area contributed by atoms with Crippen LogP contribution >= 0.6 is 22.9 Å². The van der Waals surface area contributed by atoms with Crippen LogP contribution in [-0.2, 0) is 10.3 Å². The van der Waals surface area contributed by atoms with Gasteiger partial charge in [0.2, 0.25) is 0 Å². The Morgan fingerprint density at radius 1 is 1.21 bits per heavy atom. The first-order valence-electron chi connectivity index (χ1n) is 7.31. The number of nitrogens with zero attached hydrogens (tertiary/aromatic N) is 1. The highest BCUT2D eigenvalue weighted by Gasteiger charge is 2.49.